The van der Waals surface area contributed by atoms with E-state index in [4.69, 9.17) is 0 Å². The summed E-state index contributed by atoms with van der Waals surface area (Å²) < 4.78 is 0. The van der Waals surface area contributed by atoms with Crippen molar-refractivity contribution in [3.05, 3.63) is 0 Å². The fraction of sp³-hybridized carbons (Fsp3) is 1.00. The maximum atomic E-state index is 10.3. The molecule has 0 aromatic rings. The number of fused-ring (bicyclic) bond motifs is 5. The summed E-state index contributed by atoms with van der Waals surface area (Å²) in [5.41, 5.74) is 1.15. The van der Waals surface area contributed by atoms with E-state index < -0.39 is 0 Å². The molecular weight excluding hydrogens is 340 g/mol. The van der Waals surface area contributed by atoms with Crippen LogP contribution in [0, 0.1) is 52.3 Å². The zero-order valence-electron chi connectivity index (χ0n) is 19.6. The third-order valence-corrected chi connectivity index (χ3v) is 10.8. The molecule has 1 N–H and O–H groups in total. The van der Waals surface area contributed by atoms with Gasteiger partial charge in [-0.1, -0.05) is 53.9 Å². The molecule has 0 bridgehead atoms. The number of aliphatic hydroxyl groups excluding tert-OH is 1. The monoisotopic (exact) mass is 388 g/mol. The molecule has 0 saturated heterocycles. The van der Waals surface area contributed by atoms with Crippen molar-refractivity contribution < 1.29 is 5.11 Å². The highest BCUT2D eigenvalue weighted by molar-refractivity contribution is 5.09. The van der Waals surface area contributed by atoms with Gasteiger partial charge in [0.1, 0.15) is 0 Å². The first-order chi connectivity index (χ1) is 13.3. The second-order valence-electron chi connectivity index (χ2n) is 12.6. The van der Waals surface area contributed by atoms with Gasteiger partial charge in [-0.05, 0) is 110 Å². The fourth-order valence-electron chi connectivity index (χ4n) is 9.26. The number of hydrogen-bond acceptors (Lipinski definition) is 1. The molecule has 4 rings (SSSR count). The van der Waals surface area contributed by atoms with Gasteiger partial charge in [0.15, 0.2) is 0 Å². The molecule has 4 unspecified atom stereocenters. The lowest BCUT2D eigenvalue weighted by Gasteiger charge is -2.61. The fourth-order valence-corrected chi connectivity index (χ4v) is 9.26. The van der Waals surface area contributed by atoms with Crippen LogP contribution in [0.2, 0.25) is 0 Å². The number of rotatable bonds is 5. The van der Waals surface area contributed by atoms with Crippen molar-refractivity contribution >= 4 is 0 Å². The van der Waals surface area contributed by atoms with Gasteiger partial charge < -0.3 is 5.11 Å². The van der Waals surface area contributed by atoms with E-state index in [1.165, 1.54) is 64.2 Å². The molecule has 4 fully saturated rings. The van der Waals surface area contributed by atoms with Gasteiger partial charge in [-0.2, -0.15) is 0 Å². The summed E-state index contributed by atoms with van der Waals surface area (Å²) >= 11 is 0. The standard InChI is InChI=1S/C27H48O/c1-18(2)7-6-8-19(3)23-11-12-24-22-10-9-20-17-21(28)13-15-26(20,4)25(22)14-16-27(23,24)5/h18-25,28H,6-17H2,1-5H3/t19?,20-,21+,22?,23+,24?,25?,26-,27+/m0/s1. The van der Waals surface area contributed by atoms with E-state index in [2.05, 4.69) is 34.6 Å². The summed E-state index contributed by atoms with van der Waals surface area (Å²) in [6.07, 6.45) is 16.6. The van der Waals surface area contributed by atoms with Crippen LogP contribution in [0.5, 0.6) is 0 Å². The molecular formula is C27H48O. The summed E-state index contributed by atoms with van der Waals surface area (Å²) in [6.45, 7) is 12.7. The molecule has 28 heavy (non-hydrogen) atoms. The van der Waals surface area contributed by atoms with Gasteiger partial charge in [-0.15, -0.1) is 0 Å². The van der Waals surface area contributed by atoms with E-state index in [-0.39, 0.29) is 6.10 Å². The van der Waals surface area contributed by atoms with E-state index in [0.717, 1.165) is 54.3 Å². The zero-order valence-corrected chi connectivity index (χ0v) is 19.6. The lowest BCUT2D eigenvalue weighted by molar-refractivity contribution is -0.129. The summed E-state index contributed by atoms with van der Waals surface area (Å²) in [4.78, 5) is 0. The van der Waals surface area contributed by atoms with E-state index in [0.29, 0.717) is 10.8 Å². The molecule has 0 aromatic carbocycles. The lowest BCUT2D eigenvalue weighted by Crippen LogP contribution is -2.54. The van der Waals surface area contributed by atoms with Crippen LogP contribution in [0.15, 0.2) is 0 Å². The van der Waals surface area contributed by atoms with E-state index in [1.807, 2.05) is 0 Å². The lowest BCUT2D eigenvalue weighted by atomic mass is 9.44. The Morgan fingerprint density at radius 3 is 2.29 bits per heavy atom. The molecule has 0 amide bonds. The minimum absolute atomic E-state index is 0.00830. The molecule has 1 heteroatoms. The quantitative estimate of drug-likeness (QED) is 0.518. The molecule has 4 aliphatic carbocycles. The Hall–Kier alpha value is -0.0400. The van der Waals surface area contributed by atoms with Gasteiger partial charge in [0.05, 0.1) is 6.10 Å². The Balaban J connectivity index is 1.46. The van der Waals surface area contributed by atoms with Crippen molar-refractivity contribution in [2.75, 3.05) is 0 Å². The van der Waals surface area contributed by atoms with Gasteiger partial charge in [-0.25, -0.2) is 0 Å². The Bertz CT molecular complexity index is 540. The minimum Gasteiger partial charge on any atom is -0.393 e. The molecule has 1 nitrogen and oxygen atoms in total. The third-order valence-electron chi connectivity index (χ3n) is 10.8. The predicted octanol–water partition coefficient (Wildman–Crippen LogP) is 7.47. The SMILES string of the molecule is CC(C)CCCC(C)[C@H]1CCC2C3CC[C@H]4C[C@H](O)CC[C@]4(C)C3CC[C@@]21C. The van der Waals surface area contributed by atoms with Crippen molar-refractivity contribution in [2.24, 2.45) is 52.3 Å². The third kappa shape index (κ3) is 3.50. The van der Waals surface area contributed by atoms with Crippen molar-refractivity contribution in [1.29, 1.82) is 0 Å². The van der Waals surface area contributed by atoms with Crippen molar-refractivity contribution in [2.45, 2.75) is 118 Å². The first-order valence-electron chi connectivity index (χ1n) is 12.9. The smallest absolute Gasteiger partial charge is 0.0543 e. The highest BCUT2D eigenvalue weighted by Crippen LogP contribution is 2.68. The Morgan fingerprint density at radius 1 is 0.821 bits per heavy atom. The summed E-state index contributed by atoms with van der Waals surface area (Å²) in [5, 5.41) is 10.3. The normalized spacial score (nSPS) is 49.4. The van der Waals surface area contributed by atoms with Crippen LogP contribution >= 0.6 is 0 Å². The molecule has 9 atom stereocenters. The predicted molar refractivity (Wildman–Crippen MR) is 119 cm³/mol. The van der Waals surface area contributed by atoms with Crippen LogP contribution in [0.3, 0.4) is 0 Å². The van der Waals surface area contributed by atoms with E-state index in [9.17, 15) is 5.11 Å². The number of aliphatic hydroxyl groups is 1. The molecule has 0 aliphatic heterocycles. The second-order valence-corrected chi connectivity index (χ2v) is 12.6. The van der Waals surface area contributed by atoms with Crippen LogP contribution in [0.4, 0.5) is 0 Å². The Labute approximate surface area is 175 Å². The molecule has 4 saturated carbocycles. The van der Waals surface area contributed by atoms with Crippen LogP contribution in [-0.4, -0.2) is 11.2 Å². The topological polar surface area (TPSA) is 20.2 Å². The summed E-state index contributed by atoms with van der Waals surface area (Å²) in [7, 11) is 0. The first kappa shape index (κ1) is 21.2. The van der Waals surface area contributed by atoms with Crippen LogP contribution in [-0.2, 0) is 0 Å². The molecule has 0 aromatic heterocycles. The van der Waals surface area contributed by atoms with Crippen molar-refractivity contribution in [1.82, 2.24) is 0 Å². The van der Waals surface area contributed by atoms with Crippen molar-refractivity contribution in [3.8, 4) is 0 Å². The molecule has 0 spiro atoms. The first-order valence-corrected chi connectivity index (χ1v) is 12.9. The van der Waals surface area contributed by atoms with Gasteiger partial charge in [0.2, 0.25) is 0 Å². The van der Waals surface area contributed by atoms with Gasteiger partial charge in [0, 0.05) is 0 Å². The molecule has 0 radical (unpaired) electrons. The van der Waals surface area contributed by atoms with Crippen LogP contribution in [0.1, 0.15) is 112 Å². The van der Waals surface area contributed by atoms with E-state index >= 15 is 0 Å². The number of hydrogen-bond donors (Lipinski definition) is 1. The average molecular weight is 389 g/mol. The summed E-state index contributed by atoms with van der Waals surface area (Å²) in [5.74, 6) is 6.49. The maximum absolute atomic E-state index is 10.3. The average Bonchev–Trinajstić information content (AvgIpc) is 2.99. The van der Waals surface area contributed by atoms with E-state index in [1.54, 1.807) is 0 Å². The van der Waals surface area contributed by atoms with Crippen LogP contribution < -0.4 is 0 Å². The highest BCUT2D eigenvalue weighted by atomic mass is 16.3. The Morgan fingerprint density at radius 2 is 1.54 bits per heavy atom. The van der Waals surface area contributed by atoms with Gasteiger partial charge in [0.25, 0.3) is 0 Å². The molecule has 0 heterocycles. The molecule has 4 aliphatic rings. The van der Waals surface area contributed by atoms with Crippen molar-refractivity contribution in [3.63, 3.8) is 0 Å². The zero-order chi connectivity index (χ0) is 20.1. The highest BCUT2D eigenvalue weighted by Gasteiger charge is 2.60. The summed E-state index contributed by atoms with van der Waals surface area (Å²) in [6, 6.07) is 0. The maximum Gasteiger partial charge on any atom is 0.0543 e. The van der Waals surface area contributed by atoms with Gasteiger partial charge in [-0.3, -0.25) is 0 Å². The van der Waals surface area contributed by atoms with Crippen LogP contribution in [0.25, 0.3) is 0 Å². The largest absolute Gasteiger partial charge is 0.393 e. The minimum atomic E-state index is -0.00830. The van der Waals surface area contributed by atoms with Gasteiger partial charge >= 0.3 is 0 Å². The molecule has 162 valence electrons. The second kappa shape index (κ2) is 7.90. The Kier molecular flexibility index (Phi) is 5.98.